The standard InChI is InChI=1S/C10H12Cl2N4OS/c11-8-9(12)14-5-15-10(8)16-7(17)3-6-4-18-2-1-13-6/h5-6,13H,1-4H2,(H,14,15,16,17). The van der Waals surface area contributed by atoms with E-state index in [1.807, 2.05) is 11.8 Å². The van der Waals surface area contributed by atoms with Crippen molar-refractivity contribution in [3.05, 3.63) is 16.5 Å². The Morgan fingerprint density at radius 2 is 2.39 bits per heavy atom. The summed E-state index contributed by atoms with van der Waals surface area (Å²) in [6.07, 6.45) is 1.66. The SMILES string of the molecule is O=C(CC1CSCCN1)Nc1ncnc(Cl)c1Cl. The summed E-state index contributed by atoms with van der Waals surface area (Å²) in [4.78, 5) is 19.4. The number of nitrogens with zero attached hydrogens (tertiary/aromatic N) is 2. The zero-order valence-corrected chi connectivity index (χ0v) is 11.8. The van der Waals surface area contributed by atoms with Crippen molar-refractivity contribution in [2.45, 2.75) is 12.5 Å². The van der Waals surface area contributed by atoms with Crippen LogP contribution in [0.5, 0.6) is 0 Å². The number of amides is 1. The number of anilines is 1. The number of carbonyl (C=O) groups is 1. The molecule has 1 aromatic rings. The fourth-order valence-corrected chi connectivity index (χ4v) is 2.82. The lowest BCUT2D eigenvalue weighted by molar-refractivity contribution is -0.116. The molecule has 0 aromatic carbocycles. The van der Waals surface area contributed by atoms with Gasteiger partial charge in [0.1, 0.15) is 11.3 Å². The average molecular weight is 307 g/mol. The quantitative estimate of drug-likeness (QED) is 0.834. The van der Waals surface area contributed by atoms with E-state index in [0.717, 1.165) is 18.1 Å². The van der Waals surface area contributed by atoms with E-state index in [0.29, 0.717) is 6.42 Å². The van der Waals surface area contributed by atoms with Crippen LogP contribution in [0.3, 0.4) is 0 Å². The zero-order chi connectivity index (χ0) is 13.0. The summed E-state index contributed by atoms with van der Waals surface area (Å²) in [5, 5.41) is 6.23. The van der Waals surface area contributed by atoms with Crippen molar-refractivity contribution in [1.29, 1.82) is 0 Å². The Bertz CT molecular complexity index is 440. The molecule has 18 heavy (non-hydrogen) atoms. The van der Waals surface area contributed by atoms with Crippen molar-refractivity contribution in [1.82, 2.24) is 15.3 Å². The van der Waals surface area contributed by atoms with Gasteiger partial charge in [-0.2, -0.15) is 11.8 Å². The van der Waals surface area contributed by atoms with Gasteiger partial charge in [0.05, 0.1) is 0 Å². The summed E-state index contributed by atoms with van der Waals surface area (Å²) in [6.45, 7) is 0.933. The maximum absolute atomic E-state index is 11.8. The van der Waals surface area contributed by atoms with Crippen molar-refractivity contribution < 1.29 is 4.79 Å². The van der Waals surface area contributed by atoms with Gasteiger partial charge in [0.25, 0.3) is 0 Å². The number of hydrogen-bond donors (Lipinski definition) is 2. The van der Waals surface area contributed by atoms with Gasteiger partial charge in [-0.25, -0.2) is 9.97 Å². The third-order valence-corrected chi connectivity index (χ3v) is 4.31. The summed E-state index contributed by atoms with van der Waals surface area (Å²) in [7, 11) is 0. The van der Waals surface area contributed by atoms with Gasteiger partial charge in [-0.1, -0.05) is 23.2 Å². The number of rotatable bonds is 3. The first-order valence-electron chi connectivity index (χ1n) is 5.44. The van der Waals surface area contributed by atoms with Crippen LogP contribution >= 0.6 is 35.0 Å². The molecule has 1 aromatic heterocycles. The Balaban J connectivity index is 1.92. The van der Waals surface area contributed by atoms with E-state index in [1.54, 1.807) is 0 Å². The van der Waals surface area contributed by atoms with Crippen LogP contribution in [-0.4, -0.2) is 40.0 Å². The highest BCUT2D eigenvalue weighted by molar-refractivity contribution is 7.99. The maximum atomic E-state index is 11.8. The highest BCUT2D eigenvalue weighted by atomic mass is 35.5. The van der Waals surface area contributed by atoms with E-state index in [-0.39, 0.29) is 27.9 Å². The number of thioether (sulfide) groups is 1. The molecule has 1 unspecified atom stereocenters. The van der Waals surface area contributed by atoms with Gasteiger partial charge in [0.15, 0.2) is 11.0 Å². The van der Waals surface area contributed by atoms with Gasteiger partial charge in [0.2, 0.25) is 5.91 Å². The molecule has 0 aliphatic carbocycles. The van der Waals surface area contributed by atoms with Crippen molar-refractivity contribution in [3.63, 3.8) is 0 Å². The molecule has 5 nitrogen and oxygen atoms in total. The molecule has 0 bridgehead atoms. The van der Waals surface area contributed by atoms with Crippen LogP contribution in [0, 0.1) is 0 Å². The van der Waals surface area contributed by atoms with E-state index < -0.39 is 0 Å². The summed E-state index contributed by atoms with van der Waals surface area (Å²) in [5.74, 6) is 2.15. The van der Waals surface area contributed by atoms with E-state index in [2.05, 4.69) is 20.6 Å². The van der Waals surface area contributed by atoms with Crippen LogP contribution in [0.1, 0.15) is 6.42 Å². The van der Waals surface area contributed by atoms with Crippen LogP contribution < -0.4 is 10.6 Å². The summed E-state index contributed by atoms with van der Waals surface area (Å²) < 4.78 is 0. The second-order valence-electron chi connectivity index (χ2n) is 3.81. The Morgan fingerprint density at radius 1 is 1.56 bits per heavy atom. The van der Waals surface area contributed by atoms with Gasteiger partial charge in [-0.05, 0) is 0 Å². The molecular weight excluding hydrogens is 295 g/mol. The predicted molar refractivity (Wildman–Crippen MR) is 74.4 cm³/mol. The monoisotopic (exact) mass is 306 g/mol. The minimum absolute atomic E-state index is 0.133. The van der Waals surface area contributed by atoms with Crippen molar-refractivity contribution >= 4 is 46.7 Å². The fraction of sp³-hybridized carbons (Fsp3) is 0.500. The largest absolute Gasteiger partial charge is 0.312 e. The number of aromatic nitrogens is 2. The van der Waals surface area contributed by atoms with Gasteiger partial charge in [-0.15, -0.1) is 0 Å². The Labute approximate surface area is 119 Å². The minimum atomic E-state index is -0.133. The van der Waals surface area contributed by atoms with E-state index >= 15 is 0 Å². The van der Waals surface area contributed by atoms with Crippen LogP contribution in [0.25, 0.3) is 0 Å². The molecule has 1 amide bonds. The average Bonchev–Trinajstić information content (AvgIpc) is 2.36. The zero-order valence-electron chi connectivity index (χ0n) is 9.45. The summed E-state index contributed by atoms with van der Waals surface area (Å²) in [5.41, 5.74) is 0. The van der Waals surface area contributed by atoms with E-state index in [9.17, 15) is 4.79 Å². The topological polar surface area (TPSA) is 66.9 Å². The Morgan fingerprint density at radius 3 is 3.11 bits per heavy atom. The molecule has 0 spiro atoms. The van der Waals surface area contributed by atoms with Crippen molar-refractivity contribution in [2.75, 3.05) is 23.4 Å². The number of halogens is 2. The molecule has 1 saturated heterocycles. The van der Waals surface area contributed by atoms with Crippen LogP contribution in [-0.2, 0) is 4.79 Å². The van der Waals surface area contributed by atoms with Crippen LogP contribution in [0.4, 0.5) is 5.82 Å². The number of carbonyl (C=O) groups excluding carboxylic acids is 1. The number of nitrogens with one attached hydrogen (secondary N) is 2. The van der Waals surface area contributed by atoms with Crippen molar-refractivity contribution in [2.24, 2.45) is 0 Å². The molecule has 8 heteroatoms. The molecule has 0 radical (unpaired) electrons. The second kappa shape index (κ2) is 6.56. The Kier molecular flexibility index (Phi) is 5.05. The molecule has 1 fully saturated rings. The fourth-order valence-electron chi connectivity index (χ4n) is 1.59. The molecule has 1 aliphatic rings. The first kappa shape index (κ1) is 13.9. The molecule has 0 saturated carbocycles. The number of hydrogen-bond acceptors (Lipinski definition) is 5. The predicted octanol–water partition coefficient (Wildman–Crippen LogP) is 1.82. The molecule has 2 N–H and O–H groups in total. The van der Waals surface area contributed by atoms with E-state index in [4.69, 9.17) is 23.2 Å². The molecular formula is C10H12Cl2N4OS. The molecule has 1 atom stereocenters. The first-order valence-corrected chi connectivity index (χ1v) is 7.35. The third kappa shape index (κ3) is 3.71. The maximum Gasteiger partial charge on any atom is 0.227 e. The minimum Gasteiger partial charge on any atom is -0.312 e. The molecule has 98 valence electrons. The first-order chi connectivity index (χ1) is 8.66. The highest BCUT2D eigenvalue weighted by Crippen LogP contribution is 2.25. The Hall–Kier alpha value is -0.560. The summed E-state index contributed by atoms with van der Waals surface area (Å²) >= 11 is 13.5. The van der Waals surface area contributed by atoms with E-state index in [1.165, 1.54) is 6.33 Å². The lowest BCUT2D eigenvalue weighted by atomic mass is 10.2. The van der Waals surface area contributed by atoms with Crippen LogP contribution in [0.15, 0.2) is 6.33 Å². The van der Waals surface area contributed by atoms with Gasteiger partial charge < -0.3 is 10.6 Å². The molecule has 2 rings (SSSR count). The second-order valence-corrected chi connectivity index (χ2v) is 5.69. The lowest BCUT2D eigenvalue weighted by Gasteiger charge is -2.22. The lowest BCUT2D eigenvalue weighted by Crippen LogP contribution is -2.40. The van der Waals surface area contributed by atoms with Crippen LogP contribution in [0.2, 0.25) is 10.2 Å². The van der Waals surface area contributed by atoms with Gasteiger partial charge in [-0.3, -0.25) is 4.79 Å². The normalized spacial score (nSPS) is 19.6. The van der Waals surface area contributed by atoms with Gasteiger partial charge >= 0.3 is 0 Å². The smallest absolute Gasteiger partial charge is 0.227 e. The third-order valence-electron chi connectivity index (χ3n) is 2.44. The van der Waals surface area contributed by atoms with Crippen molar-refractivity contribution in [3.8, 4) is 0 Å². The van der Waals surface area contributed by atoms with Gasteiger partial charge in [0, 0.05) is 30.5 Å². The summed E-state index contributed by atoms with van der Waals surface area (Å²) in [6, 6.07) is 0.194. The highest BCUT2D eigenvalue weighted by Gasteiger charge is 2.18. The molecule has 1 aliphatic heterocycles. The molecule has 2 heterocycles.